The van der Waals surface area contributed by atoms with Crippen LogP contribution in [0.15, 0.2) is 12.1 Å². The molecule has 0 spiro atoms. The molecule has 2 nitrogen and oxygen atoms in total. The van der Waals surface area contributed by atoms with Gasteiger partial charge in [-0.15, -0.1) is 0 Å². The number of hydrogen-bond donors (Lipinski definition) is 0. The van der Waals surface area contributed by atoms with E-state index in [1.165, 1.54) is 29.7 Å². The van der Waals surface area contributed by atoms with Crippen molar-refractivity contribution in [3.63, 3.8) is 0 Å². The molecule has 0 aliphatic heterocycles. The summed E-state index contributed by atoms with van der Waals surface area (Å²) in [6.45, 7) is 6.44. The van der Waals surface area contributed by atoms with Crippen LogP contribution < -0.4 is 4.90 Å². The van der Waals surface area contributed by atoms with Gasteiger partial charge in [0.2, 0.25) is 0 Å². The lowest BCUT2D eigenvalue weighted by atomic mass is 9.87. The Balaban J connectivity index is 2.50. The topological polar surface area (TPSA) is 20.3 Å². The van der Waals surface area contributed by atoms with Crippen LogP contribution in [0.1, 0.15) is 48.2 Å². The maximum absolute atomic E-state index is 11.1. The lowest BCUT2D eigenvalue weighted by Gasteiger charge is -2.28. The first-order chi connectivity index (χ1) is 8.31. The Morgan fingerprint density at radius 2 is 1.76 bits per heavy atom. The number of nitrogens with zero attached hydrogens (tertiary/aromatic N) is 1. The average molecular weight is 231 g/mol. The molecule has 0 N–H and O–H groups in total. The molecule has 2 rings (SSSR count). The Kier molecular flexibility index (Phi) is 3.82. The molecule has 0 radical (unpaired) electrons. The molecular weight excluding hydrogens is 210 g/mol. The monoisotopic (exact) mass is 231 g/mol. The molecular formula is C15H21NO. The number of rotatable bonds is 4. The van der Waals surface area contributed by atoms with Gasteiger partial charge in [-0.3, -0.25) is 4.79 Å². The first-order valence-electron chi connectivity index (χ1n) is 6.66. The smallest absolute Gasteiger partial charge is 0.150 e. The molecule has 0 fully saturated rings. The summed E-state index contributed by atoms with van der Waals surface area (Å²) in [6.07, 6.45) is 5.68. The van der Waals surface area contributed by atoms with Gasteiger partial charge in [-0.1, -0.05) is 0 Å². The highest BCUT2D eigenvalue weighted by molar-refractivity contribution is 5.80. The summed E-state index contributed by atoms with van der Waals surface area (Å²) in [5.41, 5.74) is 4.96. The maximum Gasteiger partial charge on any atom is 0.150 e. The number of benzene rings is 1. The molecule has 0 saturated heterocycles. The van der Waals surface area contributed by atoms with E-state index in [-0.39, 0.29) is 0 Å². The molecule has 0 bridgehead atoms. The second-order valence-electron chi connectivity index (χ2n) is 4.63. The Bertz CT molecular complexity index is 408. The van der Waals surface area contributed by atoms with Crippen molar-refractivity contribution in [3.8, 4) is 0 Å². The Labute approximate surface area is 104 Å². The highest BCUT2D eigenvalue weighted by Gasteiger charge is 2.18. The number of hydrogen-bond acceptors (Lipinski definition) is 2. The zero-order valence-electron chi connectivity index (χ0n) is 10.8. The van der Waals surface area contributed by atoms with Crippen molar-refractivity contribution in [1.29, 1.82) is 0 Å². The summed E-state index contributed by atoms with van der Waals surface area (Å²) in [4.78, 5) is 13.5. The van der Waals surface area contributed by atoms with Crippen molar-refractivity contribution in [3.05, 3.63) is 28.8 Å². The van der Waals surface area contributed by atoms with E-state index in [2.05, 4.69) is 24.8 Å². The van der Waals surface area contributed by atoms with Crippen LogP contribution in [0.5, 0.6) is 0 Å². The van der Waals surface area contributed by atoms with Crippen molar-refractivity contribution in [2.75, 3.05) is 18.0 Å². The molecule has 1 aliphatic rings. The average Bonchev–Trinajstić information content (AvgIpc) is 2.40. The minimum atomic E-state index is 0.899. The van der Waals surface area contributed by atoms with E-state index in [1.807, 2.05) is 6.07 Å². The zero-order valence-corrected chi connectivity index (χ0v) is 10.8. The third-order valence-electron chi connectivity index (χ3n) is 3.78. The van der Waals surface area contributed by atoms with Crippen molar-refractivity contribution in [1.82, 2.24) is 0 Å². The van der Waals surface area contributed by atoms with Gasteiger partial charge in [-0.2, -0.15) is 0 Å². The maximum atomic E-state index is 11.1. The highest BCUT2D eigenvalue weighted by Crippen LogP contribution is 2.32. The van der Waals surface area contributed by atoms with E-state index in [0.29, 0.717) is 0 Å². The van der Waals surface area contributed by atoms with Gasteiger partial charge >= 0.3 is 0 Å². The second kappa shape index (κ2) is 5.35. The van der Waals surface area contributed by atoms with Crippen molar-refractivity contribution in [2.45, 2.75) is 39.5 Å². The summed E-state index contributed by atoms with van der Waals surface area (Å²) in [7, 11) is 0. The fraction of sp³-hybridized carbons (Fsp3) is 0.533. The van der Waals surface area contributed by atoms with Gasteiger partial charge in [-0.25, -0.2) is 0 Å². The summed E-state index contributed by atoms with van der Waals surface area (Å²) in [6, 6.07) is 4.12. The van der Waals surface area contributed by atoms with Gasteiger partial charge < -0.3 is 4.90 Å². The molecule has 0 heterocycles. The molecule has 0 amide bonds. The van der Waals surface area contributed by atoms with Crippen LogP contribution in [-0.4, -0.2) is 19.4 Å². The van der Waals surface area contributed by atoms with Gasteiger partial charge in [0, 0.05) is 24.3 Å². The predicted molar refractivity (Wildman–Crippen MR) is 72.0 cm³/mol. The minimum Gasteiger partial charge on any atom is -0.372 e. The Hall–Kier alpha value is -1.31. The first-order valence-corrected chi connectivity index (χ1v) is 6.66. The lowest BCUT2D eigenvalue weighted by molar-refractivity contribution is 0.112. The van der Waals surface area contributed by atoms with E-state index in [1.54, 1.807) is 0 Å². The third kappa shape index (κ3) is 2.21. The number of anilines is 1. The molecule has 0 aromatic heterocycles. The summed E-state index contributed by atoms with van der Waals surface area (Å²) >= 11 is 0. The van der Waals surface area contributed by atoms with Crippen LogP contribution in [0.2, 0.25) is 0 Å². The number of carbonyl (C=O) groups excluding carboxylic acids is 1. The fourth-order valence-corrected chi connectivity index (χ4v) is 2.85. The van der Waals surface area contributed by atoms with E-state index in [9.17, 15) is 4.79 Å². The van der Waals surface area contributed by atoms with Crippen LogP contribution in [-0.2, 0) is 12.8 Å². The van der Waals surface area contributed by atoms with Crippen LogP contribution in [0.4, 0.5) is 5.69 Å². The quantitative estimate of drug-likeness (QED) is 0.741. The molecule has 1 aromatic rings. The summed E-state index contributed by atoms with van der Waals surface area (Å²) in [5, 5.41) is 0. The molecule has 0 atom stereocenters. The van der Waals surface area contributed by atoms with E-state index < -0.39 is 0 Å². The van der Waals surface area contributed by atoms with Crippen LogP contribution in [0.3, 0.4) is 0 Å². The van der Waals surface area contributed by atoms with Gasteiger partial charge in [0.05, 0.1) is 0 Å². The minimum absolute atomic E-state index is 0.899. The van der Waals surface area contributed by atoms with E-state index >= 15 is 0 Å². The Morgan fingerprint density at radius 1 is 1.12 bits per heavy atom. The number of fused-ring (bicyclic) bond motifs is 1. The molecule has 17 heavy (non-hydrogen) atoms. The molecule has 1 aliphatic carbocycles. The van der Waals surface area contributed by atoms with Crippen LogP contribution in [0.25, 0.3) is 0 Å². The molecule has 2 heteroatoms. The molecule has 92 valence electrons. The zero-order chi connectivity index (χ0) is 12.3. The van der Waals surface area contributed by atoms with Gasteiger partial charge in [0.1, 0.15) is 6.29 Å². The normalized spacial score (nSPS) is 14.2. The van der Waals surface area contributed by atoms with Crippen LogP contribution >= 0.6 is 0 Å². The Morgan fingerprint density at radius 3 is 2.35 bits per heavy atom. The van der Waals surface area contributed by atoms with E-state index in [0.717, 1.165) is 37.8 Å². The number of aldehydes is 1. The van der Waals surface area contributed by atoms with Crippen molar-refractivity contribution < 1.29 is 4.79 Å². The molecule has 0 unspecified atom stereocenters. The van der Waals surface area contributed by atoms with Gasteiger partial charge in [0.25, 0.3) is 0 Å². The predicted octanol–water partition coefficient (Wildman–Crippen LogP) is 3.22. The first kappa shape index (κ1) is 12.2. The van der Waals surface area contributed by atoms with Crippen LogP contribution in [0, 0.1) is 0 Å². The lowest BCUT2D eigenvalue weighted by Crippen LogP contribution is -2.24. The summed E-state index contributed by atoms with van der Waals surface area (Å²) < 4.78 is 0. The fourth-order valence-electron chi connectivity index (χ4n) is 2.85. The largest absolute Gasteiger partial charge is 0.372 e. The SMILES string of the molecule is CCN(CC)c1ccc(C=O)c2c1CCCC2. The van der Waals surface area contributed by atoms with E-state index in [4.69, 9.17) is 0 Å². The standard InChI is InChI=1S/C15H21NO/c1-3-16(4-2)15-10-9-12(11-17)13-7-5-6-8-14(13)15/h9-11H,3-8H2,1-2H3. The third-order valence-corrected chi connectivity index (χ3v) is 3.78. The van der Waals surface area contributed by atoms with Gasteiger partial charge in [0.15, 0.2) is 0 Å². The number of carbonyl (C=O) groups is 1. The van der Waals surface area contributed by atoms with Gasteiger partial charge in [-0.05, 0) is 62.8 Å². The molecule has 0 saturated carbocycles. The van der Waals surface area contributed by atoms with Crippen molar-refractivity contribution >= 4 is 12.0 Å². The molecule has 1 aromatic carbocycles. The highest BCUT2D eigenvalue weighted by atomic mass is 16.1. The second-order valence-corrected chi connectivity index (χ2v) is 4.63. The summed E-state index contributed by atoms with van der Waals surface area (Å²) in [5.74, 6) is 0. The van der Waals surface area contributed by atoms with Crippen molar-refractivity contribution in [2.24, 2.45) is 0 Å².